The van der Waals surface area contributed by atoms with E-state index in [1.807, 2.05) is 0 Å². The van der Waals surface area contributed by atoms with Crippen molar-refractivity contribution in [2.45, 2.75) is 44.7 Å². The number of aromatic nitrogens is 1. The molecule has 1 saturated carbocycles. The van der Waals surface area contributed by atoms with E-state index in [0.29, 0.717) is 10.0 Å². The Hall–Kier alpha value is -1.98. The fraction of sp³-hybridized carbons (Fsp3) is 0.368. The quantitative estimate of drug-likeness (QED) is 0.811. The molecular formula is C19H20Cl2N2O3. The van der Waals surface area contributed by atoms with Crippen LogP contribution in [0.1, 0.15) is 54.1 Å². The summed E-state index contributed by atoms with van der Waals surface area (Å²) in [5.74, 6) is -0.758. The maximum Gasteiger partial charge on any atom is 0.256 e. The van der Waals surface area contributed by atoms with E-state index in [9.17, 15) is 14.7 Å². The Bertz CT molecular complexity index is 874. The van der Waals surface area contributed by atoms with Crippen molar-refractivity contribution in [3.05, 3.63) is 62.0 Å². The van der Waals surface area contributed by atoms with Crippen molar-refractivity contribution < 1.29 is 9.90 Å². The highest BCUT2D eigenvalue weighted by Crippen LogP contribution is 2.28. The predicted molar refractivity (Wildman–Crippen MR) is 102 cm³/mol. The molecule has 0 atom stereocenters. The van der Waals surface area contributed by atoms with E-state index < -0.39 is 5.91 Å². The van der Waals surface area contributed by atoms with Gasteiger partial charge in [0.15, 0.2) is 0 Å². The molecule has 1 aromatic heterocycles. The normalized spacial score (nSPS) is 15.0. The standard InChI is InChI=1S/C19H20Cl2N2O3/c20-15-7-6-12(8-16(15)21)10-22-19(26)14-11-23(18(25)9-17(14)24)13-4-2-1-3-5-13/h6-9,11,13,24H,1-5,10H2,(H,22,26). The van der Waals surface area contributed by atoms with Gasteiger partial charge in [0.25, 0.3) is 11.5 Å². The molecule has 7 heteroatoms. The molecule has 138 valence electrons. The SMILES string of the molecule is O=C(NCc1ccc(Cl)c(Cl)c1)c1cn(C2CCCCC2)c(=O)cc1O. The average Bonchev–Trinajstić information content (AvgIpc) is 2.63. The molecule has 26 heavy (non-hydrogen) atoms. The van der Waals surface area contributed by atoms with Crippen LogP contribution in [0.5, 0.6) is 5.75 Å². The van der Waals surface area contributed by atoms with Gasteiger partial charge in [0, 0.05) is 24.8 Å². The summed E-state index contributed by atoms with van der Waals surface area (Å²) in [5.41, 5.74) is 0.596. The molecule has 2 N–H and O–H groups in total. The lowest BCUT2D eigenvalue weighted by Crippen LogP contribution is -2.29. The predicted octanol–water partition coefficient (Wildman–Crippen LogP) is 4.30. The van der Waals surface area contributed by atoms with Crippen molar-refractivity contribution in [2.24, 2.45) is 0 Å². The Kier molecular flexibility index (Phi) is 5.89. The number of hydrogen-bond donors (Lipinski definition) is 2. The first-order valence-corrected chi connectivity index (χ1v) is 9.38. The molecule has 0 unspecified atom stereocenters. The topological polar surface area (TPSA) is 71.3 Å². The second-order valence-corrected chi connectivity index (χ2v) is 7.36. The van der Waals surface area contributed by atoms with Gasteiger partial charge in [-0.15, -0.1) is 0 Å². The maximum absolute atomic E-state index is 12.5. The lowest BCUT2D eigenvalue weighted by Gasteiger charge is -2.24. The van der Waals surface area contributed by atoms with Crippen LogP contribution in [0, 0.1) is 0 Å². The average molecular weight is 395 g/mol. The van der Waals surface area contributed by atoms with Gasteiger partial charge in [-0.1, -0.05) is 48.5 Å². The summed E-state index contributed by atoms with van der Waals surface area (Å²) in [4.78, 5) is 24.7. The van der Waals surface area contributed by atoms with Crippen LogP contribution in [-0.2, 0) is 6.54 Å². The summed E-state index contributed by atoms with van der Waals surface area (Å²) in [6.45, 7) is 0.234. The van der Waals surface area contributed by atoms with Gasteiger partial charge in [-0.05, 0) is 30.5 Å². The number of carbonyl (C=O) groups excluding carboxylic acids is 1. The highest BCUT2D eigenvalue weighted by Gasteiger charge is 2.20. The fourth-order valence-corrected chi connectivity index (χ4v) is 3.61. The first-order chi connectivity index (χ1) is 12.5. The summed E-state index contributed by atoms with van der Waals surface area (Å²) >= 11 is 11.9. The minimum Gasteiger partial charge on any atom is -0.507 e. The molecule has 2 aromatic rings. The van der Waals surface area contributed by atoms with Crippen LogP contribution >= 0.6 is 23.2 Å². The highest BCUT2D eigenvalue weighted by molar-refractivity contribution is 6.42. The van der Waals surface area contributed by atoms with E-state index in [4.69, 9.17) is 23.2 Å². The molecule has 0 saturated heterocycles. The minimum absolute atomic E-state index is 0.0819. The molecule has 5 nitrogen and oxygen atoms in total. The van der Waals surface area contributed by atoms with Gasteiger partial charge in [0.05, 0.1) is 15.6 Å². The number of rotatable bonds is 4. The zero-order valence-electron chi connectivity index (χ0n) is 14.2. The molecule has 0 aliphatic heterocycles. The van der Waals surface area contributed by atoms with Crippen molar-refractivity contribution >= 4 is 29.1 Å². The summed E-state index contributed by atoms with van der Waals surface area (Å²) in [6, 6.07) is 6.29. The Balaban J connectivity index is 1.77. The van der Waals surface area contributed by atoms with Crippen molar-refractivity contribution in [3.8, 4) is 5.75 Å². The fourth-order valence-electron chi connectivity index (χ4n) is 3.28. The Morgan fingerprint density at radius 1 is 1.15 bits per heavy atom. The molecule has 1 aliphatic rings. The Labute approximate surface area is 161 Å². The number of aromatic hydroxyl groups is 1. The molecule has 3 rings (SSSR count). The van der Waals surface area contributed by atoms with Gasteiger partial charge in [-0.2, -0.15) is 0 Å². The first-order valence-electron chi connectivity index (χ1n) is 8.63. The third-order valence-electron chi connectivity index (χ3n) is 4.71. The van der Waals surface area contributed by atoms with Gasteiger partial charge in [0.1, 0.15) is 5.75 Å². The smallest absolute Gasteiger partial charge is 0.256 e. The van der Waals surface area contributed by atoms with Gasteiger partial charge in [0.2, 0.25) is 0 Å². The number of pyridine rings is 1. The van der Waals surface area contributed by atoms with Crippen LogP contribution in [0.15, 0.2) is 35.3 Å². The first kappa shape index (κ1) is 18.8. The molecule has 0 radical (unpaired) electrons. The third-order valence-corrected chi connectivity index (χ3v) is 5.45. The second kappa shape index (κ2) is 8.14. The largest absolute Gasteiger partial charge is 0.507 e. The summed E-state index contributed by atoms with van der Waals surface area (Å²) in [6.07, 6.45) is 6.59. The highest BCUT2D eigenvalue weighted by atomic mass is 35.5. The minimum atomic E-state index is -0.446. The summed E-state index contributed by atoms with van der Waals surface area (Å²) in [7, 11) is 0. The van der Waals surface area contributed by atoms with Crippen LogP contribution in [0.4, 0.5) is 0 Å². The maximum atomic E-state index is 12.5. The van der Waals surface area contributed by atoms with Crippen LogP contribution in [0.25, 0.3) is 0 Å². The van der Waals surface area contributed by atoms with Crippen molar-refractivity contribution in [1.29, 1.82) is 0 Å². The van der Waals surface area contributed by atoms with Crippen molar-refractivity contribution in [2.75, 3.05) is 0 Å². The van der Waals surface area contributed by atoms with Gasteiger partial charge in [-0.3, -0.25) is 9.59 Å². The molecule has 0 spiro atoms. The number of benzene rings is 1. The number of carbonyl (C=O) groups is 1. The Morgan fingerprint density at radius 2 is 1.88 bits per heavy atom. The molecule has 1 aromatic carbocycles. The van der Waals surface area contributed by atoms with Gasteiger partial charge < -0.3 is 15.0 Å². The van der Waals surface area contributed by atoms with E-state index in [2.05, 4.69) is 5.32 Å². The van der Waals surface area contributed by atoms with Gasteiger partial charge >= 0.3 is 0 Å². The van der Waals surface area contributed by atoms with Crippen LogP contribution in [-0.4, -0.2) is 15.6 Å². The number of halogens is 2. The second-order valence-electron chi connectivity index (χ2n) is 6.54. The number of nitrogens with one attached hydrogen (secondary N) is 1. The van der Waals surface area contributed by atoms with E-state index in [1.54, 1.807) is 22.8 Å². The summed E-state index contributed by atoms with van der Waals surface area (Å²) < 4.78 is 1.58. The number of hydrogen-bond acceptors (Lipinski definition) is 3. The number of amides is 1. The van der Waals surface area contributed by atoms with E-state index >= 15 is 0 Å². The molecule has 1 fully saturated rings. The number of nitrogens with zero attached hydrogens (tertiary/aromatic N) is 1. The molecule has 1 heterocycles. The van der Waals surface area contributed by atoms with Gasteiger partial charge in [-0.25, -0.2) is 0 Å². The van der Waals surface area contributed by atoms with Crippen LogP contribution < -0.4 is 10.9 Å². The summed E-state index contributed by atoms with van der Waals surface area (Å²) in [5, 5.41) is 13.6. The molecule has 1 amide bonds. The van der Waals surface area contributed by atoms with Crippen molar-refractivity contribution in [1.82, 2.24) is 9.88 Å². The zero-order valence-corrected chi connectivity index (χ0v) is 15.7. The van der Waals surface area contributed by atoms with Crippen molar-refractivity contribution in [3.63, 3.8) is 0 Å². The molecule has 1 aliphatic carbocycles. The third kappa shape index (κ3) is 4.22. The van der Waals surface area contributed by atoms with Crippen LogP contribution in [0.3, 0.4) is 0 Å². The van der Waals surface area contributed by atoms with E-state index in [-0.39, 0.29) is 29.5 Å². The van der Waals surface area contributed by atoms with E-state index in [1.165, 1.54) is 12.6 Å². The molecular weight excluding hydrogens is 375 g/mol. The Morgan fingerprint density at radius 3 is 2.58 bits per heavy atom. The molecule has 0 bridgehead atoms. The monoisotopic (exact) mass is 394 g/mol. The zero-order chi connectivity index (χ0) is 18.7. The lowest BCUT2D eigenvalue weighted by molar-refractivity contribution is 0.0947. The van der Waals surface area contributed by atoms with Crippen LogP contribution in [0.2, 0.25) is 10.0 Å². The lowest BCUT2D eigenvalue weighted by atomic mass is 9.95. The van der Waals surface area contributed by atoms with E-state index in [0.717, 1.165) is 37.3 Å².